The molecule has 0 aromatic rings. The second-order valence-corrected chi connectivity index (χ2v) is 6.25. The van der Waals surface area contributed by atoms with E-state index in [1.807, 2.05) is 0 Å². The molecule has 0 saturated heterocycles. The highest BCUT2D eigenvalue weighted by atomic mass is 16.5. The van der Waals surface area contributed by atoms with Crippen LogP contribution in [0, 0.1) is 0 Å². The minimum Gasteiger partial charge on any atom is -0.481 e. The van der Waals surface area contributed by atoms with Crippen molar-refractivity contribution in [3.8, 4) is 0 Å². The molecule has 0 rings (SSSR count). The number of aliphatic hydroxyl groups excluding tert-OH is 1. The zero-order valence-electron chi connectivity index (χ0n) is 15.2. The van der Waals surface area contributed by atoms with Gasteiger partial charge in [0.15, 0.2) is 5.78 Å². The Morgan fingerprint density at radius 2 is 1.62 bits per heavy atom. The maximum absolute atomic E-state index is 12.1. The maximum Gasteiger partial charge on any atom is 0.303 e. The van der Waals surface area contributed by atoms with Crippen molar-refractivity contribution in [1.82, 2.24) is 0 Å². The Morgan fingerprint density at radius 3 is 2.25 bits per heavy atom. The number of aliphatic carboxylic acids is 1. The number of hydrogen-bond donors (Lipinski definition) is 2. The smallest absolute Gasteiger partial charge is 0.303 e. The quantitative estimate of drug-likeness (QED) is 0.328. The maximum atomic E-state index is 12.1. The van der Waals surface area contributed by atoms with Crippen molar-refractivity contribution in [3.63, 3.8) is 0 Å². The molecule has 2 atom stereocenters. The molecule has 5 nitrogen and oxygen atoms in total. The lowest BCUT2D eigenvalue weighted by Gasteiger charge is -2.12. The SMILES string of the molecule is CCCCC[C@@H](O)/C=C/C(=O)[C@H](CCCCCCCC(=O)O)OC. The number of unbranched alkanes of at least 4 members (excludes halogenated alkanes) is 6. The third kappa shape index (κ3) is 13.3. The topological polar surface area (TPSA) is 83.8 Å². The van der Waals surface area contributed by atoms with Crippen LogP contribution in [0.15, 0.2) is 12.2 Å². The van der Waals surface area contributed by atoms with Gasteiger partial charge in [0, 0.05) is 13.5 Å². The third-order valence-corrected chi connectivity index (χ3v) is 4.04. The molecule has 0 spiro atoms. The molecule has 0 saturated carbocycles. The van der Waals surface area contributed by atoms with Gasteiger partial charge in [0.1, 0.15) is 6.10 Å². The highest BCUT2D eigenvalue weighted by Gasteiger charge is 2.14. The van der Waals surface area contributed by atoms with Gasteiger partial charge < -0.3 is 14.9 Å². The van der Waals surface area contributed by atoms with E-state index < -0.39 is 18.2 Å². The normalized spacial score (nSPS) is 14.0. The highest BCUT2D eigenvalue weighted by Crippen LogP contribution is 2.12. The zero-order valence-corrected chi connectivity index (χ0v) is 15.2. The third-order valence-electron chi connectivity index (χ3n) is 4.04. The first-order chi connectivity index (χ1) is 11.5. The van der Waals surface area contributed by atoms with Crippen LogP contribution in [-0.4, -0.2) is 41.3 Å². The summed E-state index contributed by atoms with van der Waals surface area (Å²) in [5.74, 6) is -0.846. The summed E-state index contributed by atoms with van der Waals surface area (Å²) in [6.45, 7) is 2.11. The Bertz CT molecular complexity index is 365. The molecule has 2 N–H and O–H groups in total. The second-order valence-electron chi connectivity index (χ2n) is 6.25. The molecule has 0 fully saturated rings. The van der Waals surface area contributed by atoms with Gasteiger partial charge in [0.05, 0.1) is 6.10 Å². The van der Waals surface area contributed by atoms with Crippen LogP contribution in [0.5, 0.6) is 0 Å². The summed E-state index contributed by atoms with van der Waals surface area (Å²) in [6, 6.07) is 0. The molecule has 0 unspecified atom stereocenters. The van der Waals surface area contributed by atoms with E-state index >= 15 is 0 Å². The number of carboxylic acids is 1. The molecule has 0 aliphatic carbocycles. The Balaban J connectivity index is 3.89. The number of aliphatic hydroxyl groups is 1. The predicted octanol–water partition coefficient (Wildman–Crippen LogP) is 3.88. The van der Waals surface area contributed by atoms with Gasteiger partial charge in [0.25, 0.3) is 0 Å². The monoisotopic (exact) mass is 342 g/mol. The van der Waals surface area contributed by atoms with Crippen molar-refractivity contribution in [2.75, 3.05) is 7.11 Å². The van der Waals surface area contributed by atoms with Crippen LogP contribution in [-0.2, 0) is 14.3 Å². The number of carboxylic acid groups (broad SMARTS) is 1. The van der Waals surface area contributed by atoms with Crippen molar-refractivity contribution in [2.45, 2.75) is 89.8 Å². The van der Waals surface area contributed by atoms with E-state index in [2.05, 4.69) is 6.92 Å². The fourth-order valence-corrected chi connectivity index (χ4v) is 2.53. The summed E-state index contributed by atoms with van der Waals surface area (Å²) in [6.07, 6.45) is 11.2. The van der Waals surface area contributed by atoms with Crippen LogP contribution in [0.3, 0.4) is 0 Å². The van der Waals surface area contributed by atoms with E-state index in [9.17, 15) is 14.7 Å². The van der Waals surface area contributed by atoms with Crippen LogP contribution in [0.4, 0.5) is 0 Å². The number of ketones is 1. The Morgan fingerprint density at radius 1 is 1.00 bits per heavy atom. The van der Waals surface area contributed by atoms with Gasteiger partial charge in [-0.3, -0.25) is 9.59 Å². The summed E-state index contributed by atoms with van der Waals surface area (Å²) in [4.78, 5) is 22.5. The van der Waals surface area contributed by atoms with E-state index in [1.54, 1.807) is 6.08 Å². The van der Waals surface area contributed by atoms with Crippen LogP contribution in [0.1, 0.15) is 77.6 Å². The molecule has 0 amide bonds. The summed E-state index contributed by atoms with van der Waals surface area (Å²) in [7, 11) is 1.53. The molecule has 5 heteroatoms. The van der Waals surface area contributed by atoms with E-state index in [0.29, 0.717) is 19.3 Å². The average molecular weight is 342 g/mol. The van der Waals surface area contributed by atoms with Crippen molar-refractivity contribution in [2.24, 2.45) is 0 Å². The number of rotatable bonds is 16. The molecule has 140 valence electrons. The largest absolute Gasteiger partial charge is 0.481 e. The summed E-state index contributed by atoms with van der Waals surface area (Å²) in [5.41, 5.74) is 0. The van der Waals surface area contributed by atoms with E-state index in [1.165, 1.54) is 13.2 Å². The minimum atomic E-state index is -0.747. The first-order valence-corrected chi connectivity index (χ1v) is 9.16. The fraction of sp³-hybridized carbons (Fsp3) is 0.789. The van der Waals surface area contributed by atoms with E-state index in [0.717, 1.165) is 44.9 Å². The lowest BCUT2D eigenvalue weighted by atomic mass is 10.0. The summed E-state index contributed by atoms with van der Waals surface area (Å²) < 4.78 is 5.24. The molecule has 0 aromatic heterocycles. The van der Waals surface area contributed by atoms with Gasteiger partial charge in [-0.05, 0) is 25.3 Å². The first kappa shape index (κ1) is 22.8. The van der Waals surface area contributed by atoms with Crippen molar-refractivity contribution >= 4 is 11.8 Å². The Kier molecular flexibility index (Phi) is 14.6. The van der Waals surface area contributed by atoms with Crippen LogP contribution < -0.4 is 0 Å². The molecular formula is C19H34O5. The van der Waals surface area contributed by atoms with Crippen molar-refractivity contribution < 1.29 is 24.5 Å². The van der Waals surface area contributed by atoms with Crippen molar-refractivity contribution in [3.05, 3.63) is 12.2 Å². The first-order valence-electron chi connectivity index (χ1n) is 9.16. The molecule has 0 aromatic carbocycles. The number of methoxy groups -OCH3 is 1. The Labute approximate surface area is 146 Å². The lowest BCUT2D eigenvalue weighted by Crippen LogP contribution is -2.21. The molecule has 24 heavy (non-hydrogen) atoms. The molecule has 0 bridgehead atoms. The van der Waals surface area contributed by atoms with Crippen LogP contribution in [0.2, 0.25) is 0 Å². The zero-order chi connectivity index (χ0) is 18.2. The molecule has 0 radical (unpaired) electrons. The number of carbonyl (C=O) groups is 2. The van der Waals surface area contributed by atoms with Gasteiger partial charge in [-0.2, -0.15) is 0 Å². The molecule has 0 aliphatic rings. The minimum absolute atomic E-state index is 0.0991. The van der Waals surface area contributed by atoms with Gasteiger partial charge in [0.2, 0.25) is 0 Å². The average Bonchev–Trinajstić information content (AvgIpc) is 2.55. The van der Waals surface area contributed by atoms with E-state index in [-0.39, 0.29) is 12.2 Å². The number of ether oxygens (including phenoxy) is 1. The van der Waals surface area contributed by atoms with Gasteiger partial charge in [-0.25, -0.2) is 0 Å². The molecular weight excluding hydrogens is 308 g/mol. The van der Waals surface area contributed by atoms with Gasteiger partial charge in [-0.15, -0.1) is 0 Å². The summed E-state index contributed by atoms with van der Waals surface area (Å²) in [5, 5.41) is 18.3. The van der Waals surface area contributed by atoms with Crippen molar-refractivity contribution in [1.29, 1.82) is 0 Å². The highest BCUT2D eigenvalue weighted by molar-refractivity contribution is 5.93. The number of carbonyl (C=O) groups excluding carboxylic acids is 1. The fourth-order valence-electron chi connectivity index (χ4n) is 2.53. The van der Waals surface area contributed by atoms with E-state index in [4.69, 9.17) is 9.84 Å². The van der Waals surface area contributed by atoms with Crippen LogP contribution in [0.25, 0.3) is 0 Å². The van der Waals surface area contributed by atoms with Crippen LogP contribution >= 0.6 is 0 Å². The molecule has 0 aliphatic heterocycles. The standard InChI is InChI=1S/C19H34O5/c1-3-4-8-11-16(20)14-15-17(21)18(24-2)12-9-6-5-7-10-13-19(22)23/h14-16,18,20H,3-13H2,1-2H3,(H,22,23)/b15-14+/t16-,18+/m1/s1. The Hall–Kier alpha value is -1.20. The molecule has 0 heterocycles. The lowest BCUT2D eigenvalue weighted by molar-refractivity contribution is -0.137. The van der Waals surface area contributed by atoms with Gasteiger partial charge in [-0.1, -0.05) is 57.9 Å². The number of hydrogen-bond acceptors (Lipinski definition) is 4. The summed E-state index contributed by atoms with van der Waals surface area (Å²) >= 11 is 0. The second kappa shape index (κ2) is 15.3. The van der Waals surface area contributed by atoms with Gasteiger partial charge >= 0.3 is 5.97 Å². The predicted molar refractivity (Wildman–Crippen MR) is 95.0 cm³/mol.